The first-order valence-electron chi connectivity index (χ1n) is 21.2. The highest BCUT2D eigenvalue weighted by Gasteiger charge is 2.35. The molecule has 0 unspecified atom stereocenters. The number of imidazole rings is 1. The lowest BCUT2D eigenvalue weighted by atomic mass is 9.94. The Hall–Kier alpha value is -6.04. The number of carboxylic acid groups (broad SMARTS) is 1. The first kappa shape index (κ1) is 50.6. The van der Waals surface area contributed by atoms with Gasteiger partial charge in [-0.05, 0) is 62.4 Å². The Labute approximate surface area is 370 Å². The third kappa shape index (κ3) is 16.3. The van der Waals surface area contributed by atoms with E-state index in [2.05, 4.69) is 41.8 Å². The summed E-state index contributed by atoms with van der Waals surface area (Å²) >= 11 is 0. The molecule has 4 rings (SSSR count). The van der Waals surface area contributed by atoms with E-state index in [1.807, 2.05) is 24.3 Å². The summed E-state index contributed by atoms with van der Waals surface area (Å²) in [6.45, 7) is 0.675. The van der Waals surface area contributed by atoms with E-state index in [-0.39, 0.29) is 38.6 Å². The number of para-hydroxylation sites is 1. The second-order valence-electron chi connectivity index (χ2n) is 15.6. The number of aromatic amines is 2. The zero-order chi connectivity index (χ0) is 46.6. The number of nitrogens with zero attached hydrogens (tertiary/aromatic N) is 1. The van der Waals surface area contributed by atoms with Gasteiger partial charge in [0.15, 0.2) is 11.6 Å². The van der Waals surface area contributed by atoms with Crippen LogP contribution in [0.1, 0.15) is 61.8 Å². The number of ketones is 4. The zero-order valence-corrected chi connectivity index (χ0v) is 35.6. The summed E-state index contributed by atoms with van der Waals surface area (Å²) in [5, 5.41) is 18.2. The van der Waals surface area contributed by atoms with Gasteiger partial charge in [-0.1, -0.05) is 55.0 Å². The highest BCUT2D eigenvalue weighted by atomic mass is 16.4. The first-order valence-corrected chi connectivity index (χ1v) is 21.2. The largest absolute Gasteiger partial charge is 0.481 e. The molecule has 0 aliphatic heterocycles. The number of hydrogen-bond donors (Lipinski definition) is 13. The van der Waals surface area contributed by atoms with Crippen LogP contribution >= 0.6 is 0 Å². The molecule has 21 heteroatoms. The number of hydrazine groups is 1. The van der Waals surface area contributed by atoms with Crippen molar-refractivity contribution in [2.24, 2.45) is 28.7 Å². The second kappa shape index (κ2) is 25.9. The smallest absolute Gasteiger partial charge is 0.305 e. The lowest BCUT2D eigenvalue weighted by molar-refractivity contribution is -0.140. The third-order valence-electron chi connectivity index (χ3n) is 10.5. The molecule has 0 bridgehead atoms. The molecule has 0 radical (unpaired) electrons. The molecule has 2 heterocycles. The van der Waals surface area contributed by atoms with E-state index in [0.29, 0.717) is 42.6 Å². The normalized spacial score (nSPS) is 14.3. The lowest BCUT2D eigenvalue weighted by Gasteiger charge is -2.27. The molecule has 0 saturated heterocycles. The SMILES string of the molecule is NCCCC[C@H](N)C(=O)N[C@@H](Cc1c[nH]c2ccccc12)C(=O)C(=O)[C@H](CCCNC(N)N)NN[C@@H](Cc1ccccc1)C(=O)N[C@@H](Cc1cnc[nH]1)C(=O)CC(=O)[C@@H](N)CC(=O)O. The molecular formula is C43H61N13O8. The van der Waals surface area contributed by atoms with Crippen LogP contribution in [0.5, 0.6) is 0 Å². The lowest BCUT2D eigenvalue weighted by Crippen LogP contribution is -2.60. The van der Waals surface area contributed by atoms with Gasteiger partial charge in [0.05, 0.1) is 49.4 Å². The van der Waals surface area contributed by atoms with Crippen molar-refractivity contribution in [3.8, 4) is 0 Å². The first-order chi connectivity index (χ1) is 30.7. The maximum Gasteiger partial charge on any atom is 0.305 e. The molecule has 2 aromatic heterocycles. The number of unbranched alkanes of at least 4 members (excludes halogenated alkanes) is 1. The zero-order valence-electron chi connectivity index (χ0n) is 35.6. The molecule has 0 fully saturated rings. The average Bonchev–Trinajstić information content (AvgIpc) is 3.94. The van der Waals surface area contributed by atoms with Crippen molar-refractivity contribution in [1.82, 2.24) is 41.8 Å². The molecule has 6 atom stereocenters. The monoisotopic (exact) mass is 887 g/mol. The van der Waals surface area contributed by atoms with Crippen molar-refractivity contribution < 1.29 is 38.7 Å². The van der Waals surface area contributed by atoms with Crippen LogP contribution in [0.4, 0.5) is 0 Å². The molecule has 0 saturated carbocycles. The quantitative estimate of drug-likeness (QED) is 0.00873. The fraction of sp³-hybridized carbons (Fsp3) is 0.442. The highest BCUT2D eigenvalue weighted by Crippen LogP contribution is 2.20. The van der Waals surface area contributed by atoms with Crippen molar-refractivity contribution in [3.05, 3.63) is 90.1 Å². The standard InChI is InChI=1S/C43H61N13O8/c44-15-7-6-12-29(45)41(63)54-34(18-26-22-51-31-13-5-4-11-28(26)31)40(62)39(61)32(14-8-16-50-43(47)48)55-56-35(17-25-9-2-1-3-10-25)42(64)53-33(19-27-23-49-24-52-27)37(58)21-36(57)30(46)20-38(59)60/h1-5,9-11,13,22-24,29-30,32-35,43,50-51,55-56H,6-8,12,14-21,44-48H2,(H,49,52)(H,53,64)(H,54,63)(H,59,60)/t29-,30-,32-,33-,34-,35-/m0/s1. The Morgan fingerprint density at radius 1 is 0.688 bits per heavy atom. The number of carbonyl (C=O) groups excluding carboxylic acids is 6. The van der Waals surface area contributed by atoms with Crippen LogP contribution in [0.3, 0.4) is 0 Å². The number of H-pyrrole nitrogens is 2. The van der Waals surface area contributed by atoms with Crippen LogP contribution < -0.4 is 55.5 Å². The molecule has 64 heavy (non-hydrogen) atoms. The van der Waals surface area contributed by atoms with E-state index in [1.54, 1.807) is 36.5 Å². The minimum absolute atomic E-state index is 0.0206. The van der Waals surface area contributed by atoms with Gasteiger partial charge < -0.3 is 54.4 Å². The molecule has 0 spiro atoms. The number of carboxylic acids is 1. The summed E-state index contributed by atoms with van der Waals surface area (Å²) in [4.78, 5) is 104. The minimum atomic E-state index is -1.44. The summed E-state index contributed by atoms with van der Waals surface area (Å²) in [6.07, 6.45) is 3.94. The third-order valence-corrected chi connectivity index (χ3v) is 10.5. The van der Waals surface area contributed by atoms with Gasteiger partial charge in [0.2, 0.25) is 23.4 Å². The predicted molar refractivity (Wildman–Crippen MR) is 237 cm³/mol. The molecular weight excluding hydrogens is 827 g/mol. The number of fused-ring (bicyclic) bond motifs is 1. The molecule has 346 valence electrons. The number of amides is 2. The number of hydrogen-bond acceptors (Lipinski definition) is 16. The molecule has 4 aromatic rings. The van der Waals surface area contributed by atoms with Crippen LogP contribution in [0.2, 0.25) is 0 Å². The molecule has 18 N–H and O–H groups in total. The number of aliphatic carboxylic acids is 1. The van der Waals surface area contributed by atoms with Crippen molar-refractivity contribution in [1.29, 1.82) is 0 Å². The maximum absolute atomic E-state index is 14.4. The molecule has 2 aromatic carbocycles. The van der Waals surface area contributed by atoms with Gasteiger partial charge in [0, 0.05) is 41.8 Å². The van der Waals surface area contributed by atoms with E-state index < -0.39 is 96.3 Å². The number of nitrogens with one attached hydrogen (secondary N) is 7. The van der Waals surface area contributed by atoms with Crippen LogP contribution in [0.25, 0.3) is 10.9 Å². The fourth-order valence-corrected chi connectivity index (χ4v) is 6.96. The Kier molecular flexibility index (Phi) is 20.5. The van der Waals surface area contributed by atoms with Crippen LogP contribution in [0.15, 0.2) is 73.3 Å². The highest BCUT2D eigenvalue weighted by molar-refractivity contribution is 6.41. The molecule has 2 amide bonds. The Bertz CT molecular complexity index is 2150. The number of rotatable bonds is 31. The van der Waals surface area contributed by atoms with Gasteiger partial charge in [-0.2, -0.15) is 0 Å². The van der Waals surface area contributed by atoms with Gasteiger partial charge in [-0.15, -0.1) is 0 Å². The van der Waals surface area contributed by atoms with E-state index in [1.165, 1.54) is 12.5 Å². The van der Waals surface area contributed by atoms with Crippen LogP contribution in [0, 0.1) is 0 Å². The Morgan fingerprint density at radius 2 is 1.38 bits per heavy atom. The predicted octanol–water partition coefficient (Wildman–Crippen LogP) is -1.78. The number of benzene rings is 2. The molecule has 0 aliphatic carbocycles. The summed E-state index contributed by atoms with van der Waals surface area (Å²) in [5.74, 6) is -6.03. The molecule has 0 aliphatic rings. The number of aromatic nitrogens is 3. The van der Waals surface area contributed by atoms with E-state index in [9.17, 15) is 33.6 Å². The van der Waals surface area contributed by atoms with Crippen molar-refractivity contribution >= 4 is 51.8 Å². The Balaban J connectivity index is 1.62. The Morgan fingerprint density at radius 3 is 2.06 bits per heavy atom. The van der Waals surface area contributed by atoms with Gasteiger partial charge in [-0.25, -0.2) is 15.8 Å². The average molecular weight is 888 g/mol. The van der Waals surface area contributed by atoms with Crippen LogP contribution in [-0.4, -0.2) is 117 Å². The van der Waals surface area contributed by atoms with Gasteiger partial charge >= 0.3 is 5.97 Å². The van der Waals surface area contributed by atoms with E-state index >= 15 is 0 Å². The van der Waals surface area contributed by atoms with Gasteiger partial charge in [-0.3, -0.25) is 38.9 Å². The number of nitrogens with two attached hydrogens (primary N) is 5. The molecule has 21 nitrogen and oxygen atoms in total. The summed E-state index contributed by atoms with van der Waals surface area (Å²) in [5.41, 5.74) is 37.4. The summed E-state index contributed by atoms with van der Waals surface area (Å²) in [6, 6.07) is 8.73. The minimum Gasteiger partial charge on any atom is -0.481 e. The van der Waals surface area contributed by atoms with Crippen molar-refractivity contribution in [3.63, 3.8) is 0 Å². The van der Waals surface area contributed by atoms with Gasteiger partial charge in [0.25, 0.3) is 0 Å². The van der Waals surface area contributed by atoms with Crippen molar-refractivity contribution in [2.75, 3.05) is 13.1 Å². The topological polar surface area (TPSA) is 374 Å². The van der Waals surface area contributed by atoms with Crippen LogP contribution in [-0.2, 0) is 52.8 Å². The maximum atomic E-state index is 14.4. The number of carbonyl (C=O) groups is 7. The fourth-order valence-electron chi connectivity index (χ4n) is 6.96. The second-order valence-corrected chi connectivity index (χ2v) is 15.6. The van der Waals surface area contributed by atoms with Gasteiger partial charge in [0.1, 0.15) is 12.3 Å². The summed E-state index contributed by atoms with van der Waals surface area (Å²) < 4.78 is 0. The van der Waals surface area contributed by atoms with E-state index in [0.717, 1.165) is 10.9 Å². The number of Topliss-reactive ketones (excluding diaryl/α,β-unsaturated/α-hetero) is 4. The summed E-state index contributed by atoms with van der Waals surface area (Å²) in [7, 11) is 0. The van der Waals surface area contributed by atoms with E-state index in [4.69, 9.17) is 33.8 Å². The van der Waals surface area contributed by atoms with Crippen molar-refractivity contribution in [2.45, 2.75) is 107 Å².